The molecule has 0 nitrogen and oxygen atoms in total. The normalized spacial score (nSPS) is 11.4. The van der Waals surface area contributed by atoms with Crippen molar-refractivity contribution in [3.05, 3.63) is 0 Å². The van der Waals surface area contributed by atoms with Gasteiger partial charge >= 0.3 is 160 Å². The molecule has 0 fully saturated rings. The Morgan fingerprint density at radius 2 is 0.429 bits per heavy atom. The van der Waals surface area contributed by atoms with Crippen LogP contribution in [0.2, 0.25) is 41.7 Å². The van der Waals surface area contributed by atoms with Crippen molar-refractivity contribution in [1.29, 1.82) is 0 Å². The van der Waals surface area contributed by atoms with Gasteiger partial charge in [-0.1, -0.05) is 0 Å². The predicted molar refractivity (Wildman–Crippen MR) is 107 cm³/mol. The summed E-state index contributed by atoms with van der Waals surface area (Å²) in [5, 5.41) is 0. The van der Waals surface area contributed by atoms with E-state index in [0.29, 0.717) is 63.0 Å². The van der Waals surface area contributed by atoms with Crippen LogP contribution in [-0.2, 0) is 21.7 Å². The van der Waals surface area contributed by atoms with Gasteiger partial charge in [-0.25, -0.2) is 0 Å². The third kappa shape index (κ3) is 84.0. The molecule has 0 aromatic carbocycles. The van der Waals surface area contributed by atoms with Crippen molar-refractivity contribution in [3.63, 3.8) is 0 Å². The average Bonchev–Trinajstić information content (AvgIpc) is 2.40. The van der Waals surface area contributed by atoms with E-state index in [2.05, 4.69) is 78.2 Å². The summed E-state index contributed by atoms with van der Waals surface area (Å²) in [6.07, 6.45) is 0. The topological polar surface area (TPSA) is 0 Å². The summed E-state index contributed by atoms with van der Waals surface area (Å²) < 4.78 is 3.91. The summed E-state index contributed by atoms with van der Waals surface area (Å²) in [5.74, 6) is 0. The van der Waals surface area contributed by atoms with Crippen molar-refractivity contribution in [1.82, 2.24) is 0 Å². The van der Waals surface area contributed by atoms with Crippen LogP contribution in [0.15, 0.2) is 0 Å². The average molecular weight is 580 g/mol. The zero-order valence-corrected chi connectivity index (χ0v) is 25.7. The van der Waals surface area contributed by atoms with E-state index < -0.39 is 0 Å². The maximum Gasteiger partial charge on any atom is 0 e. The summed E-state index contributed by atoms with van der Waals surface area (Å²) in [4.78, 5) is 0. The standard InChI is InChI=1S/4C4H10As.Ti/c4*1-4(2)5-3;/h4*4H,1-3H3;. The van der Waals surface area contributed by atoms with E-state index in [1.807, 2.05) is 0 Å². The molecular formula is C16H40As4Ti. The molecule has 4 radical (unpaired) electrons. The molecular weight excluding hydrogens is 540 g/mol. The zero-order valence-electron chi connectivity index (χ0n) is 16.6. The quantitative estimate of drug-likeness (QED) is 0.345. The minimum atomic E-state index is 0. The van der Waals surface area contributed by atoms with Crippen molar-refractivity contribution in [2.45, 2.75) is 97.1 Å². The Hall–Kier alpha value is 2.95. The largest absolute Gasteiger partial charge is 0 e. The Balaban J connectivity index is -0.0000000533. The van der Waals surface area contributed by atoms with Gasteiger partial charge in [0.1, 0.15) is 0 Å². The molecule has 0 amide bonds. The SMILES string of the molecule is C[As]C(C)C.C[As]C(C)C.C[As]C(C)C.C[As]C(C)C.[Ti]. The van der Waals surface area contributed by atoms with Gasteiger partial charge in [-0.2, -0.15) is 0 Å². The van der Waals surface area contributed by atoms with Gasteiger partial charge in [0.25, 0.3) is 0 Å². The minimum absolute atomic E-state index is 0. The monoisotopic (exact) mass is 580 g/mol. The number of hydrogen-bond acceptors (Lipinski definition) is 0. The fourth-order valence-corrected chi connectivity index (χ4v) is 0. The van der Waals surface area contributed by atoms with Gasteiger partial charge in [-0.15, -0.1) is 0 Å². The van der Waals surface area contributed by atoms with Crippen LogP contribution >= 0.6 is 0 Å². The molecule has 0 unspecified atom stereocenters. The molecule has 0 saturated carbocycles. The summed E-state index contributed by atoms with van der Waals surface area (Å²) in [5.41, 5.74) is 9.17. The van der Waals surface area contributed by atoms with E-state index in [9.17, 15) is 0 Å². The van der Waals surface area contributed by atoms with E-state index in [1.165, 1.54) is 0 Å². The fourth-order valence-electron chi connectivity index (χ4n) is 0. The van der Waals surface area contributed by atoms with Crippen LogP contribution in [0.3, 0.4) is 0 Å². The second kappa shape index (κ2) is 30.8. The second-order valence-electron chi connectivity index (χ2n) is 5.41. The first-order valence-electron chi connectivity index (χ1n) is 7.44. The molecule has 5 heteroatoms. The van der Waals surface area contributed by atoms with Gasteiger partial charge in [-0.3, -0.25) is 0 Å². The Bertz CT molecular complexity index is 108. The summed E-state index contributed by atoms with van der Waals surface area (Å²) in [6.45, 7) is 18.1. The molecule has 0 bridgehead atoms. The molecule has 0 saturated heterocycles. The van der Waals surface area contributed by atoms with E-state index >= 15 is 0 Å². The van der Waals surface area contributed by atoms with Crippen molar-refractivity contribution in [3.8, 4) is 0 Å². The fraction of sp³-hybridized carbons (Fsp3) is 1.00. The van der Waals surface area contributed by atoms with Crippen molar-refractivity contribution in [2.75, 3.05) is 0 Å². The molecule has 0 spiro atoms. The van der Waals surface area contributed by atoms with E-state index in [4.69, 9.17) is 0 Å². The molecule has 0 aromatic rings. The van der Waals surface area contributed by atoms with Crippen molar-refractivity contribution < 1.29 is 21.7 Å². The van der Waals surface area contributed by atoms with Crippen LogP contribution in [0.25, 0.3) is 0 Å². The third-order valence-corrected chi connectivity index (χ3v) is 10.7. The van der Waals surface area contributed by atoms with Crippen LogP contribution in [0.1, 0.15) is 55.4 Å². The van der Waals surface area contributed by atoms with Crippen LogP contribution in [-0.4, -0.2) is 63.0 Å². The van der Waals surface area contributed by atoms with E-state index in [-0.39, 0.29) is 21.7 Å². The Morgan fingerprint density at radius 1 is 0.381 bits per heavy atom. The molecule has 128 valence electrons. The summed E-state index contributed by atoms with van der Waals surface area (Å²) in [7, 11) is 0. The second-order valence-corrected chi connectivity index (χ2v) is 18.4. The van der Waals surface area contributed by atoms with Gasteiger partial charge in [0.15, 0.2) is 0 Å². The molecule has 0 aromatic heterocycles. The maximum atomic E-state index is 2.29. The third-order valence-electron chi connectivity index (χ3n) is 2.07. The zero-order chi connectivity index (χ0) is 17.1. The van der Waals surface area contributed by atoms with Gasteiger partial charge in [0, 0.05) is 21.7 Å². The first-order valence-corrected chi connectivity index (χ1v) is 19.3. The molecule has 0 aliphatic carbocycles. The van der Waals surface area contributed by atoms with Gasteiger partial charge in [0.05, 0.1) is 0 Å². The molecule has 21 heavy (non-hydrogen) atoms. The predicted octanol–water partition coefficient (Wildman–Crippen LogP) is 6.27. The molecule has 0 rings (SSSR count). The summed E-state index contributed by atoms with van der Waals surface area (Å²) in [6, 6.07) is 0. The van der Waals surface area contributed by atoms with Gasteiger partial charge in [-0.05, 0) is 0 Å². The number of rotatable bonds is 4. The van der Waals surface area contributed by atoms with Crippen LogP contribution in [0, 0.1) is 0 Å². The molecule has 0 atom stereocenters. The maximum absolute atomic E-state index is 2.29. The Kier molecular flexibility index (Phi) is 51.5. The molecule has 0 aliphatic rings. The van der Waals surface area contributed by atoms with E-state index in [1.54, 1.807) is 0 Å². The van der Waals surface area contributed by atoms with Gasteiger partial charge < -0.3 is 0 Å². The molecule has 0 heterocycles. The first-order chi connectivity index (χ1) is 9.08. The molecule has 0 N–H and O–H groups in total. The van der Waals surface area contributed by atoms with Gasteiger partial charge in [0.2, 0.25) is 0 Å². The first kappa shape index (κ1) is 35.1. The number of hydrogen-bond donors (Lipinski definition) is 0. The minimum Gasteiger partial charge on any atom is 0 e. The Morgan fingerprint density at radius 3 is 0.429 bits per heavy atom. The van der Waals surface area contributed by atoms with Crippen molar-refractivity contribution >= 4 is 63.0 Å². The smallest absolute Gasteiger partial charge is 0 e. The van der Waals surface area contributed by atoms with Crippen LogP contribution < -0.4 is 0 Å². The van der Waals surface area contributed by atoms with E-state index in [0.717, 1.165) is 18.8 Å². The van der Waals surface area contributed by atoms with Crippen LogP contribution in [0.4, 0.5) is 0 Å². The van der Waals surface area contributed by atoms with Crippen LogP contribution in [0.5, 0.6) is 0 Å². The molecule has 0 aliphatic heterocycles. The van der Waals surface area contributed by atoms with Crippen molar-refractivity contribution in [2.24, 2.45) is 0 Å². The Labute approximate surface area is 179 Å². The summed E-state index contributed by atoms with van der Waals surface area (Å²) >= 11 is 2.64.